The van der Waals surface area contributed by atoms with Crippen LogP contribution >= 0.6 is 12.6 Å². The molecule has 0 aliphatic heterocycles. The highest BCUT2D eigenvalue weighted by Crippen LogP contribution is 2.40. The minimum Gasteiger partial charge on any atom is -0.303 e. The van der Waals surface area contributed by atoms with Gasteiger partial charge in [0.2, 0.25) is 0 Å². The Hall–Kier alpha value is 0.310. The fourth-order valence-corrected chi connectivity index (χ4v) is 4.09. The summed E-state index contributed by atoms with van der Waals surface area (Å²) >= 11 is 4.61. The van der Waals surface area contributed by atoms with Gasteiger partial charge in [0.05, 0.1) is 0 Å². The Labute approximate surface area is 106 Å². The lowest BCUT2D eigenvalue weighted by molar-refractivity contribution is 0.128. The monoisotopic (exact) mass is 241 g/mol. The van der Waals surface area contributed by atoms with Crippen molar-refractivity contribution in [3.8, 4) is 0 Å². The van der Waals surface area contributed by atoms with Gasteiger partial charge in [-0.1, -0.05) is 32.1 Å². The first kappa shape index (κ1) is 12.8. The summed E-state index contributed by atoms with van der Waals surface area (Å²) in [4.78, 5) is 2.65. The highest BCUT2D eigenvalue weighted by atomic mass is 32.1. The molecule has 0 unspecified atom stereocenters. The third-order valence-corrected chi connectivity index (χ3v) is 5.45. The van der Waals surface area contributed by atoms with E-state index in [1.807, 2.05) is 0 Å². The number of rotatable bonds is 4. The molecule has 0 aromatic carbocycles. The van der Waals surface area contributed by atoms with Crippen molar-refractivity contribution >= 4 is 12.6 Å². The van der Waals surface area contributed by atoms with Crippen LogP contribution in [0.1, 0.15) is 57.8 Å². The van der Waals surface area contributed by atoms with E-state index in [0.29, 0.717) is 5.41 Å². The van der Waals surface area contributed by atoms with Gasteiger partial charge in [-0.25, -0.2) is 0 Å². The smallest absolute Gasteiger partial charge is 0.00924 e. The third-order valence-electron chi connectivity index (χ3n) is 4.78. The van der Waals surface area contributed by atoms with Crippen LogP contribution in [-0.2, 0) is 0 Å². The Morgan fingerprint density at radius 2 is 1.69 bits per heavy atom. The summed E-state index contributed by atoms with van der Waals surface area (Å²) in [6.07, 6.45) is 12.9. The number of thiol groups is 1. The van der Waals surface area contributed by atoms with E-state index in [9.17, 15) is 0 Å². The van der Waals surface area contributed by atoms with E-state index in [2.05, 4.69) is 24.6 Å². The van der Waals surface area contributed by atoms with E-state index in [-0.39, 0.29) is 0 Å². The van der Waals surface area contributed by atoms with E-state index in [1.165, 1.54) is 64.3 Å². The second-order valence-corrected chi connectivity index (χ2v) is 6.39. The SMILES string of the molecule is CN(CC1(CS)CCCC1)C1CCCCC1. The van der Waals surface area contributed by atoms with Crippen LogP contribution in [0.2, 0.25) is 0 Å². The maximum atomic E-state index is 4.61. The van der Waals surface area contributed by atoms with E-state index >= 15 is 0 Å². The Kier molecular flexibility index (Phi) is 4.60. The molecule has 0 amide bonds. The summed E-state index contributed by atoms with van der Waals surface area (Å²) in [6, 6.07) is 0.867. The average Bonchev–Trinajstić information content (AvgIpc) is 2.79. The summed E-state index contributed by atoms with van der Waals surface area (Å²) in [7, 11) is 2.35. The maximum Gasteiger partial charge on any atom is 0.00924 e. The summed E-state index contributed by atoms with van der Waals surface area (Å²) in [5.41, 5.74) is 0.551. The molecule has 2 rings (SSSR count). The van der Waals surface area contributed by atoms with Crippen molar-refractivity contribution in [2.75, 3.05) is 19.3 Å². The van der Waals surface area contributed by atoms with Crippen molar-refractivity contribution in [2.24, 2.45) is 5.41 Å². The van der Waals surface area contributed by atoms with Gasteiger partial charge in [-0.05, 0) is 43.9 Å². The zero-order chi connectivity index (χ0) is 11.4. The zero-order valence-corrected chi connectivity index (χ0v) is 11.6. The molecule has 94 valence electrons. The predicted molar refractivity (Wildman–Crippen MR) is 74.3 cm³/mol. The number of nitrogens with zero attached hydrogens (tertiary/aromatic N) is 1. The second kappa shape index (κ2) is 5.77. The molecule has 0 radical (unpaired) electrons. The first-order valence-corrected chi connectivity index (χ1v) is 7.70. The van der Waals surface area contributed by atoms with Crippen molar-refractivity contribution in [3.05, 3.63) is 0 Å². The summed E-state index contributed by atoms with van der Waals surface area (Å²) in [6.45, 7) is 1.29. The van der Waals surface area contributed by atoms with Crippen LogP contribution in [-0.4, -0.2) is 30.3 Å². The van der Waals surface area contributed by atoms with Crippen molar-refractivity contribution in [3.63, 3.8) is 0 Å². The molecule has 0 spiro atoms. The molecule has 0 aromatic heterocycles. The predicted octanol–water partition coefficient (Wildman–Crippen LogP) is 3.74. The van der Waals surface area contributed by atoms with Crippen LogP contribution in [0.15, 0.2) is 0 Å². The average molecular weight is 241 g/mol. The van der Waals surface area contributed by atoms with Gasteiger partial charge >= 0.3 is 0 Å². The lowest BCUT2D eigenvalue weighted by atomic mass is 9.86. The molecule has 2 saturated carbocycles. The highest BCUT2D eigenvalue weighted by Gasteiger charge is 2.35. The lowest BCUT2D eigenvalue weighted by Gasteiger charge is -2.38. The second-order valence-electron chi connectivity index (χ2n) is 6.07. The van der Waals surface area contributed by atoms with Crippen molar-refractivity contribution in [1.82, 2.24) is 4.90 Å². The molecular weight excluding hydrogens is 214 g/mol. The molecule has 0 saturated heterocycles. The molecule has 0 atom stereocenters. The normalized spacial score (nSPS) is 26.4. The largest absolute Gasteiger partial charge is 0.303 e. The van der Waals surface area contributed by atoms with Gasteiger partial charge < -0.3 is 4.90 Å². The summed E-state index contributed by atoms with van der Waals surface area (Å²) < 4.78 is 0. The van der Waals surface area contributed by atoms with Crippen LogP contribution in [0.25, 0.3) is 0 Å². The summed E-state index contributed by atoms with van der Waals surface area (Å²) in [5.74, 6) is 1.09. The van der Waals surface area contributed by atoms with Gasteiger partial charge in [0.1, 0.15) is 0 Å². The first-order chi connectivity index (χ1) is 7.76. The molecule has 2 heteroatoms. The molecule has 2 aliphatic rings. The zero-order valence-electron chi connectivity index (χ0n) is 10.7. The van der Waals surface area contributed by atoms with E-state index < -0.39 is 0 Å². The van der Waals surface area contributed by atoms with Crippen LogP contribution in [0.3, 0.4) is 0 Å². The molecule has 0 aromatic rings. The minimum atomic E-state index is 0.551. The lowest BCUT2D eigenvalue weighted by Crippen LogP contribution is -2.41. The maximum absolute atomic E-state index is 4.61. The Balaban J connectivity index is 1.86. The molecule has 2 aliphatic carbocycles. The Morgan fingerprint density at radius 3 is 2.25 bits per heavy atom. The molecule has 0 bridgehead atoms. The van der Waals surface area contributed by atoms with E-state index in [0.717, 1.165) is 11.8 Å². The number of hydrogen-bond acceptors (Lipinski definition) is 2. The van der Waals surface area contributed by atoms with Gasteiger partial charge in [0.25, 0.3) is 0 Å². The molecule has 0 heterocycles. The van der Waals surface area contributed by atoms with Gasteiger partial charge in [0, 0.05) is 12.6 Å². The van der Waals surface area contributed by atoms with Gasteiger partial charge in [0.15, 0.2) is 0 Å². The van der Waals surface area contributed by atoms with Crippen molar-refractivity contribution < 1.29 is 0 Å². The van der Waals surface area contributed by atoms with Crippen molar-refractivity contribution in [2.45, 2.75) is 63.8 Å². The Bertz CT molecular complexity index is 205. The standard InChI is InChI=1S/C14H27NS/c1-15(13-7-3-2-4-8-13)11-14(12-16)9-5-6-10-14/h13,16H,2-12H2,1H3. The highest BCUT2D eigenvalue weighted by molar-refractivity contribution is 7.80. The first-order valence-electron chi connectivity index (χ1n) is 7.07. The topological polar surface area (TPSA) is 3.24 Å². The molecule has 1 nitrogen and oxygen atoms in total. The van der Waals surface area contributed by atoms with Crippen LogP contribution < -0.4 is 0 Å². The fourth-order valence-electron chi connectivity index (χ4n) is 3.67. The van der Waals surface area contributed by atoms with Crippen molar-refractivity contribution in [1.29, 1.82) is 0 Å². The van der Waals surface area contributed by atoms with Crippen LogP contribution in [0, 0.1) is 5.41 Å². The molecule has 0 N–H and O–H groups in total. The Morgan fingerprint density at radius 1 is 1.06 bits per heavy atom. The fraction of sp³-hybridized carbons (Fsp3) is 1.00. The number of hydrogen-bond donors (Lipinski definition) is 1. The van der Waals surface area contributed by atoms with Crippen LogP contribution in [0.5, 0.6) is 0 Å². The molecular formula is C14H27NS. The quantitative estimate of drug-likeness (QED) is 0.734. The third kappa shape index (κ3) is 2.95. The summed E-state index contributed by atoms with van der Waals surface area (Å²) in [5, 5.41) is 0. The van der Waals surface area contributed by atoms with E-state index in [4.69, 9.17) is 0 Å². The molecule has 16 heavy (non-hydrogen) atoms. The van der Waals surface area contributed by atoms with E-state index in [1.54, 1.807) is 0 Å². The van der Waals surface area contributed by atoms with Gasteiger partial charge in [-0.3, -0.25) is 0 Å². The minimum absolute atomic E-state index is 0.551. The van der Waals surface area contributed by atoms with Crippen LogP contribution in [0.4, 0.5) is 0 Å². The molecule has 2 fully saturated rings. The van der Waals surface area contributed by atoms with Gasteiger partial charge in [-0.2, -0.15) is 12.6 Å². The van der Waals surface area contributed by atoms with Gasteiger partial charge in [-0.15, -0.1) is 0 Å².